The van der Waals surface area contributed by atoms with Gasteiger partial charge in [-0.2, -0.15) is 0 Å². The SMILES string of the molecule is Cc1ccc(NS(=O)(=O)c2cc(Br)c(C)cc2Br)cn1. The maximum absolute atomic E-state index is 12.4. The first-order valence-corrected chi connectivity index (χ1v) is 8.77. The molecule has 0 aliphatic rings. The highest BCUT2D eigenvalue weighted by Crippen LogP contribution is 2.29. The van der Waals surface area contributed by atoms with Crippen molar-refractivity contribution in [1.29, 1.82) is 0 Å². The summed E-state index contributed by atoms with van der Waals surface area (Å²) in [6.45, 7) is 3.73. The number of hydrogen-bond donors (Lipinski definition) is 1. The van der Waals surface area contributed by atoms with Crippen LogP contribution in [-0.2, 0) is 10.0 Å². The zero-order chi connectivity index (χ0) is 14.9. The Kier molecular flexibility index (Phi) is 4.51. The van der Waals surface area contributed by atoms with Crippen molar-refractivity contribution in [1.82, 2.24) is 4.98 Å². The zero-order valence-corrected chi connectivity index (χ0v) is 14.8. The zero-order valence-electron chi connectivity index (χ0n) is 10.8. The molecule has 0 aliphatic heterocycles. The minimum atomic E-state index is -3.66. The Morgan fingerprint density at radius 3 is 2.40 bits per heavy atom. The second-order valence-electron chi connectivity index (χ2n) is 4.33. The number of sulfonamides is 1. The molecule has 0 spiro atoms. The van der Waals surface area contributed by atoms with Crippen molar-refractivity contribution in [2.24, 2.45) is 0 Å². The number of anilines is 1. The number of benzene rings is 1. The van der Waals surface area contributed by atoms with E-state index in [1.807, 2.05) is 13.8 Å². The summed E-state index contributed by atoms with van der Waals surface area (Å²) >= 11 is 6.63. The maximum atomic E-state index is 12.4. The van der Waals surface area contributed by atoms with Gasteiger partial charge in [-0.3, -0.25) is 9.71 Å². The van der Waals surface area contributed by atoms with Crippen molar-refractivity contribution in [2.45, 2.75) is 18.7 Å². The van der Waals surface area contributed by atoms with Crippen molar-refractivity contribution >= 4 is 47.6 Å². The highest BCUT2D eigenvalue weighted by Gasteiger charge is 2.19. The number of nitrogens with one attached hydrogen (secondary N) is 1. The first-order chi connectivity index (χ1) is 9.29. The van der Waals surface area contributed by atoms with E-state index >= 15 is 0 Å². The van der Waals surface area contributed by atoms with E-state index in [2.05, 4.69) is 41.6 Å². The van der Waals surface area contributed by atoms with Crippen LogP contribution in [0.2, 0.25) is 0 Å². The quantitative estimate of drug-likeness (QED) is 0.816. The van der Waals surface area contributed by atoms with E-state index in [0.29, 0.717) is 10.2 Å². The topological polar surface area (TPSA) is 59.1 Å². The van der Waals surface area contributed by atoms with Crippen molar-refractivity contribution < 1.29 is 8.42 Å². The van der Waals surface area contributed by atoms with Crippen molar-refractivity contribution in [2.75, 3.05) is 4.72 Å². The van der Waals surface area contributed by atoms with Gasteiger partial charge in [-0.05, 0) is 59.6 Å². The molecule has 106 valence electrons. The number of nitrogens with zero attached hydrogens (tertiary/aromatic N) is 1. The molecule has 2 aromatic rings. The molecule has 1 aromatic heterocycles. The minimum Gasteiger partial charge on any atom is -0.278 e. The predicted molar refractivity (Wildman–Crippen MR) is 86.4 cm³/mol. The number of pyridine rings is 1. The lowest BCUT2D eigenvalue weighted by atomic mass is 10.2. The molecule has 0 atom stereocenters. The van der Waals surface area contributed by atoms with Gasteiger partial charge in [0.25, 0.3) is 10.0 Å². The summed E-state index contributed by atoms with van der Waals surface area (Å²) in [4.78, 5) is 4.24. The van der Waals surface area contributed by atoms with E-state index in [0.717, 1.165) is 15.7 Å². The van der Waals surface area contributed by atoms with E-state index in [1.54, 1.807) is 24.3 Å². The third-order valence-electron chi connectivity index (χ3n) is 2.67. The first-order valence-electron chi connectivity index (χ1n) is 5.71. The number of hydrogen-bond acceptors (Lipinski definition) is 3. The summed E-state index contributed by atoms with van der Waals surface area (Å²) in [5, 5.41) is 0. The second-order valence-corrected chi connectivity index (χ2v) is 7.69. The summed E-state index contributed by atoms with van der Waals surface area (Å²) in [7, 11) is -3.66. The van der Waals surface area contributed by atoms with Crippen LogP contribution in [0.4, 0.5) is 5.69 Å². The molecule has 1 heterocycles. The van der Waals surface area contributed by atoms with Gasteiger partial charge in [-0.1, -0.05) is 15.9 Å². The molecule has 0 saturated carbocycles. The molecule has 0 radical (unpaired) electrons. The molecule has 2 rings (SSSR count). The van der Waals surface area contributed by atoms with Crippen LogP contribution >= 0.6 is 31.9 Å². The Labute approximate surface area is 134 Å². The summed E-state index contributed by atoms with van der Waals surface area (Å²) in [6.07, 6.45) is 1.49. The molecule has 7 heteroatoms. The highest BCUT2D eigenvalue weighted by molar-refractivity contribution is 9.11. The smallest absolute Gasteiger partial charge is 0.263 e. The van der Waals surface area contributed by atoms with Gasteiger partial charge in [0.1, 0.15) is 4.90 Å². The van der Waals surface area contributed by atoms with Crippen LogP contribution in [0.1, 0.15) is 11.3 Å². The Morgan fingerprint density at radius 2 is 1.80 bits per heavy atom. The normalized spacial score (nSPS) is 11.4. The summed E-state index contributed by atoms with van der Waals surface area (Å²) in [5.74, 6) is 0. The number of aromatic nitrogens is 1. The highest BCUT2D eigenvalue weighted by atomic mass is 79.9. The predicted octanol–water partition coefficient (Wildman–Crippen LogP) is 4.02. The van der Waals surface area contributed by atoms with E-state index < -0.39 is 10.0 Å². The van der Waals surface area contributed by atoms with Crippen molar-refractivity contribution in [3.05, 3.63) is 50.7 Å². The molecule has 0 saturated heterocycles. The van der Waals surface area contributed by atoms with Gasteiger partial charge >= 0.3 is 0 Å². The van der Waals surface area contributed by atoms with Gasteiger partial charge in [0.05, 0.1) is 11.9 Å². The molecule has 4 nitrogen and oxygen atoms in total. The summed E-state index contributed by atoms with van der Waals surface area (Å²) in [5.41, 5.74) is 2.21. The lowest BCUT2D eigenvalue weighted by Crippen LogP contribution is -2.14. The fourth-order valence-corrected chi connectivity index (χ4v) is 4.29. The standard InChI is InChI=1S/C13H12Br2N2O2S/c1-8-5-12(15)13(6-11(8)14)20(18,19)17-10-4-3-9(2)16-7-10/h3-7,17H,1-2H3. The Balaban J connectivity index is 2.40. The molecule has 20 heavy (non-hydrogen) atoms. The van der Waals surface area contributed by atoms with E-state index in [4.69, 9.17) is 0 Å². The van der Waals surface area contributed by atoms with Crippen LogP contribution in [-0.4, -0.2) is 13.4 Å². The van der Waals surface area contributed by atoms with Gasteiger partial charge < -0.3 is 0 Å². The number of aryl methyl sites for hydroxylation is 2. The molecule has 0 aliphatic carbocycles. The van der Waals surface area contributed by atoms with E-state index in [9.17, 15) is 8.42 Å². The lowest BCUT2D eigenvalue weighted by molar-refractivity contribution is 0.600. The third-order valence-corrected chi connectivity index (χ3v) is 5.86. The second kappa shape index (κ2) is 5.83. The van der Waals surface area contributed by atoms with Gasteiger partial charge in [-0.25, -0.2) is 8.42 Å². The van der Waals surface area contributed by atoms with Crippen LogP contribution in [0.25, 0.3) is 0 Å². The van der Waals surface area contributed by atoms with Crippen molar-refractivity contribution in [3.8, 4) is 0 Å². The molecular formula is C13H12Br2N2O2S. The van der Waals surface area contributed by atoms with Gasteiger partial charge in [-0.15, -0.1) is 0 Å². The summed E-state index contributed by atoms with van der Waals surface area (Å²) < 4.78 is 28.5. The number of rotatable bonds is 3. The van der Waals surface area contributed by atoms with Gasteiger partial charge in [0, 0.05) is 14.6 Å². The molecule has 0 unspecified atom stereocenters. The van der Waals surface area contributed by atoms with Crippen LogP contribution in [0.15, 0.2) is 44.3 Å². The lowest BCUT2D eigenvalue weighted by Gasteiger charge is -2.11. The van der Waals surface area contributed by atoms with E-state index in [-0.39, 0.29) is 4.90 Å². The molecule has 0 bridgehead atoms. The van der Waals surface area contributed by atoms with Crippen molar-refractivity contribution in [3.63, 3.8) is 0 Å². The van der Waals surface area contributed by atoms with Crippen LogP contribution < -0.4 is 4.72 Å². The largest absolute Gasteiger partial charge is 0.278 e. The maximum Gasteiger partial charge on any atom is 0.263 e. The van der Waals surface area contributed by atoms with Crippen LogP contribution in [0.3, 0.4) is 0 Å². The summed E-state index contributed by atoms with van der Waals surface area (Å²) in [6, 6.07) is 6.75. The average molecular weight is 420 g/mol. The van der Waals surface area contributed by atoms with Crippen LogP contribution in [0, 0.1) is 13.8 Å². The molecule has 1 aromatic carbocycles. The number of halogens is 2. The molecule has 1 N–H and O–H groups in total. The van der Waals surface area contributed by atoms with Gasteiger partial charge in [0.15, 0.2) is 0 Å². The average Bonchev–Trinajstić information content (AvgIpc) is 2.36. The Morgan fingerprint density at radius 1 is 1.10 bits per heavy atom. The fourth-order valence-electron chi connectivity index (χ4n) is 1.57. The fraction of sp³-hybridized carbons (Fsp3) is 0.154. The molecule has 0 amide bonds. The van der Waals surface area contributed by atoms with Crippen LogP contribution in [0.5, 0.6) is 0 Å². The first kappa shape index (κ1) is 15.5. The monoisotopic (exact) mass is 418 g/mol. The minimum absolute atomic E-state index is 0.176. The van der Waals surface area contributed by atoms with Gasteiger partial charge in [0.2, 0.25) is 0 Å². The molecule has 0 fully saturated rings. The Hall–Kier alpha value is -0.920. The molecular weight excluding hydrogens is 408 g/mol. The van der Waals surface area contributed by atoms with E-state index in [1.165, 1.54) is 6.20 Å². The third kappa shape index (κ3) is 3.39. The Bertz CT molecular complexity index is 744.